The first-order chi connectivity index (χ1) is 29.1. The van der Waals surface area contributed by atoms with E-state index in [9.17, 15) is 0 Å². The SMILES string of the molecule is C=Cc1oc2ccccc2c1/C=C(\C)c1cccc(-n2c3ccccc3c3c4sc5c(-c6ccccc6)c(NC(/C=C\C)=C/Cc6ccccc6)ccc5c4ccc32)c1. The van der Waals surface area contributed by atoms with E-state index in [-0.39, 0.29) is 0 Å². The lowest BCUT2D eigenvalue weighted by Crippen LogP contribution is -2.00. The molecule has 59 heavy (non-hydrogen) atoms. The maximum atomic E-state index is 6.14. The van der Waals surface area contributed by atoms with Crippen molar-refractivity contribution in [3.8, 4) is 16.8 Å². The normalized spacial score (nSPS) is 12.5. The number of nitrogens with zero attached hydrogens (tertiary/aromatic N) is 1. The third kappa shape index (κ3) is 6.48. The van der Waals surface area contributed by atoms with Crippen LogP contribution in [0.5, 0.6) is 0 Å². The fourth-order valence-electron chi connectivity index (χ4n) is 8.54. The van der Waals surface area contributed by atoms with Crippen LogP contribution < -0.4 is 5.32 Å². The minimum absolute atomic E-state index is 0.785. The molecule has 0 bridgehead atoms. The van der Waals surface area contributed by atoms with Gasteiger partial charge in [-0.05, 0) is 97.2 Å². The van der Waals surface area contributed by atoms with Crippen molar-refractivity contribution in [3.05, 3.63) is 211 Å². The summed E-state index contributed by atoms with van der Waals surface area (Å²) in [5.74, 6) is 0.785. The average molecular weight is 779 g/mol. The van der Waals surface area contributed by atoms with E-state index >= 15 is 0 Å². The van der Waals surface area contributed by atoms with E-state index in [1.807, 2.05) is 23.5 Å². The van der Waals surface area contributed by atoms with Crippen LogP contribution in [0.15, 0.2) is 193 Å². The van der Waals surface area contributed by atoms with Crippen LogP contribution in [0.3, 0.4) is 0 Å². The highest BCUT2D eigenvalue weighted by Gasteiger charge is 2.21. The molecule has 3 nitrogen and oxygen atoms in total. The maximum absolute atomic E-state index is 6.14. The summed E-state index contributed by atoms with van der Waals surface area (Å²) in [4.78, 5) is 0. The molecule has 284 valence electrons. The number of anilines is 1. The van der Waals surface area contributed by atoms with Crippen molar-refractivity contribution in [1.82, 2.24) is 4.57 Å². The third-order valence-electron chi connectivity index (χ3n) is 11.3. The molecule has 0 atom stereocenters. The number of hydrogen-bond donors (Lipinski definition) is 1. The van der Waals surface area contributed by atoms with Gasteiger partial charge in [0.2, 0.25) is 0 Å². The minimum Gasteiger partial charge on any atom is -0.456 e. The van der Waals surface area contributed by atoms with E-state index in [1.165, 1.54) is 58.7 Å². The molecule has 3 heterocycles. The van der Waals surface area contributed by atoms with E-state index in [4.69, 9.17) is 4.42 Å². The Hall–Kier alpha value is -7.14. The molecule has 0 saturated carbocycles. The minimum atomic E-state index is 0.785. The second-order valence-electron chi connectivity index (χ2n) is 15.0. The fraction of sp³-hybridized carbons (Fsp3) is 0.0545. The second kappa shape index (κ2) is 15.3. The molecule has 4 heteroatoms. The number of furan rings is 1. The van der Waals surface area contributed by atoms with Gasteiger partial charge in [0.1, 0.15) is 11.3 Å². The van der Waals surface area contributed by atoms with Crippen LogP contribution in [-0.2, 0) is 6.42 Å². The Kier molecular flexibility index (Phi) is 9.40. The lowest BCUT2D eigenvalue weighted by atomic mass is 9.99. The Morgan fingerprint density at radius 1 is 0.712 bits per heavy atom. The standard InChI is InChI=1S/C55H42N2OS/c1-4-17-40(29-28-37-18-8-6-9-19-37)56-47-32-30-43-44-31-33-49-53(55(44)59-54(43)52(47)38-20-10-7-11-21-38)45-25-12-14-26-48(45)57(49)41-23-16-22-39(35-41)36(3)34-46-42-24-13-15-27-51(42)58-50(46)5-2/h4-27,29-35,56H,2,28H2,1,3H3/b17-4-,36-34+,40-29+. The molecule has 10 rings (SSSR count). The highest BCUT2D eigenvalue weighted by Crippen LogP contribution is 2.48. The number of thiophene rings is 1. The summed E-state index contributed by atoms with van der Waals surface area (Å²) in [7, 11) is 0. The van der Waals surface area contributed by atoms with Crippen molar-refractivity contribution >= 4 is 87.7 Å². The molecule has 3 aromatic heterocycles. The van der Waals surface area contributed by atoms with Gasteiger partial charge in [0, 0.05) is 64.5 Å². The Morgan fingerprint density at radius 3 is 2.25 bits per heavy atom. The van der Waals surface area contributed by atoms with E-state index in [2.05, 4.69) is 200 Å². The van der Waals surface area contributed by atoms with Gasteiger partial charge in [-0.2, -0.15) is 0 Å². The number of fused-ring (bicyclic) bond motifs is 8. The van der Waals surface area contributed by atoms with Crippen molar-refractivity contribution in [2.45, 2.75) is 20.3 Å². The second-order valence-corrected chi connectivity index (χ2v) is 16.0. The van der Waals surface area contributed by atoms with Gasteiger partial charge in [-0.3, -0.25) is 0 Å². The van der Waals surface area contributed by atoms with Crippen molar-refractivity contribution in [2.75, 3.05) is 5.32 Å². The maximum Gasteiger partial charge on any atom is 0.135 e. The smallest absolute Gasteiger partial charge is 0.135 e. The predicted octanol–water partition coefficient (Wildman–Crippen LogP) is 15.9. The van der Waals surface area contributed by atoms with Gasteiger partial charge in [0.25, 0.3) is 0 Å². The molecule has 0 radical (unpaired) electrons. The number of hydrogen-bond acceptors (Lipinski definition) is 3. The Morgan fingerprint density at radius 2 is 1.44 bits per heavy atom. The predicted molar refractivity (Wildman–Crippen MR) is 256 cm³/mol. The zero-order valence-electron chi connectivity index (χ0n) is 33.1. The monoisotopic (exact) mass is 778 g/mol. The number of para-hydroxylation sites is 2. The lowest BCUT2D eigenvalue weighted by Gasteiger charge is -2.15. The molecular weight excluding hydrogens is 737 g/mol. The lowest BCUT2D eigenvalue weighted by molar-refractivity contribution is 0.603. The van der Waals surface area contributed by atoms with Crippen LogP contribution in [-0.4, -0.2) is 4.57 Å². The van der Waals surface area contributed by atoms with Gasteiger partial charge in [0.15, 0.2) is 0 Å². The first-order valence-corrected chi connectivity index (χ1v) is 20.9. The fourth-order valence-corrected chi connectivity index (χ4v) is 9.96. The number of aromatic nitrogens is 1. The highest BCUT2D eigenvalue weighted by molar-refractivity contribution is 7.27. The van der Waals surface area contributed by atoms with Gasteiger partial charge in [-0.25, -0.2) is 0 Å². The molecular formula is C55H42N2OS. The summed E-state index contributed by atoms with van der Waals surface area (Å²) in [6, 6.07) is 56.6. The van der Waals surface area contributed by atoms with Gasteiger partial charge in [-0.15, -0.1) is 11.3 Å². The molecule has 0 saturated heterocycles. The van der Waals surface area contributed by atoms with Gasteiger partial charge < -0.3 is 14.3 Å². The summed E-state index contributed by atoms with van der Waals surface area (Å²) < 4.78 is 11.1. The molecule has 0 aliphatic rings. The van der Waals surface area contributed by atoms with Crippen molar-refractivity contribution in [1.29, 1.82) is 0 Å². The van der Waals surface area contributed by atoms with Crippen LogP contribution >= 0.6 is 11.3 Å². The van der Waals surface area contributed by atoms with Crippen LogP contribution in [0, 0.1) is 0 Å². The summed E-state index contributed by atoms with van der Waals surface area (Å²) >= 11 is 1.90. The third-order valence-corrected chi connectivity index (χ3v) is 12.6. The molecule has 0 aliphatic carbocycles. The largest absolute Gasteiger partial charge is 0.456 e. The van der Waals surface area contributed by atoms with E-state index in [1.54, 1.807) is 6.08 Å². The quantitative estimate of drug-likeness (QED) is 0.140. The first kappa shape index (κ1) is 36.2. The van der Waals surface area contributed by atoms with E-state index in [0.29, 0.717) is 0 Å². The number of nitrogens with one attached hydrogen (secondary N) is 1. The van der Waals surface area contributed by atoms with Gasteiger partial charge >= 0.3 is 0 Å². The molecule has 0 unspecified atom stereocenters. The average Bonchev–Trinajstić information content (AvgIpc) is 3.95. The zero-order chi connectivity index (χ0) is 39.9. The number of rotatable bonds is 10. The molecule has 0 fully saturated rings. The molecule has 10 aromatic rings. The van der Waals surface area contributed by atoms with Crippen LogP contribution in [0.1, 0.15) is 36.3 Å². The van der Waals surface area contributed by atoms with Crippen molar-refractivity contribution in [3.63, 3.8) is 0 Å². The zero-order valence-corrected chi connectivity index (χ0v) is 33.9. The number of allylic oxidation sites excluding steroid dienone is 4. The van der Waals surface area contributed by atoms with Crippen LogP contribution in [0.2, 0.25) is 0 Å². The Labute approximate surface area is 348 Å². The molecule has 7 aromatic carbocycles. The Bertz CT molecular complexity index is 3300. The molecule has 0 spiro atoms. The molecule has 0 amide bonds. The summed E-state index contributed by atoms with van der Waals surface area (Å²) in [6.45, 7) is 8.28. The molecule has 0 aliphatic heterocycles. The van der Waals surface area contributed by atoms with Crippen molar-refractivity contribution in [2.24, 2.45) is 0 Å². The topological polar surface area (TPSA) is 30.1 Å². The highest BCUT2D eigenvalue weighted by atomic mass is 32.1. The summed E-state index contributed by atoms with van der Waals surface area (Å²) in [6.07, 6.45) is 11.4. The van der Waals surface area contributed by atoms with E-state index in [0.717, 1.165) is 56.9 Å². The molecule has 1 N–H and O–H groups in total. The van der Waals surface area contributed by atoms with Crippen molar-refractivity contribution < 1.29 is 4.42 Å². The number of benzene rings is 7. The summed E-state index contributed by atoms with van der Waals surface area (Å²) in [5, 5.41) is 10.0. The van der Waals surface area contributed by atoms with E-state index < -0.39 is 0 Å². The van der Waals surface area contributed by atoms with Crippen LogP contribution in [0.25, 0.3) is 87.5 Å². The Balaban J connectivity index is 1.13. The van der Waals surface area contributed by atoms with Gasteiger partial charge in [-0.1, -0.05) is 140 Å². The van der Waals surface area contributed by atoms with Crippen LogP contribution in [0.4, 0.5) is 5.69 Å². The first-order valence-electron chi connectivity index (χ1n) is 20.1. The van der Waals surface area contributed by atoms with Gasteiger partial charge in [0.05, 0.1) is 11.0 Å². The summed E-state index contributed by atoms with van der Waals surface area (Å²) in [5.41, 5.74) is 13.6.